The third-order valence-electron chi connectivity index (χ3n) is 10.4. The number of para-hydroxylation sites is 3. The molecule has 1 fully saturated rings. The van der Waals surface area contributed by atoms with Gasteiger partial charge < -0.3 is 24.2 Å². The van der Waals surface area contributed by atoms with Crippen LogP contribution in [0.15, 0.2) is 97.1 Å². The second kappa shape index (κ2) is 11.9. The molecule has 0 aromatic heterocycles. The van der Waals surface area contributed by atoms with E-state index in [4.69, 9.17) is 14.2 Å². The van der Waals surface area contributed by atoms with E-state index < -0.39 is 5.60 Å². The molecule has 242 valence electrons. The summed E-state index contributed by atoms with van der Waals surface area (Å²) in [6.07, 6.45) is 0.0721. The van der Waals surface area contributed by atoms with Gasteiger partial charge >= 0.3 is 0 Å². The number of carbonyl (C=O) groups is 2. The largest absolute Gasteiger partial charge is 0.497 e. The van der Waals surface area contributed by atoms with Crippen LogP contribution in [0.4, 0.5) is 17.1 Å². The molecule has 4 aromatic rings. The van der Waals surface area contributed by atoms with Gasteiger partial charge in [0.2, 0.25) is 0 Å². The minimum atomic E-state index is -1.21. The van der Waals surface area contributed by atoms with E-state index in [1.807, 2.05) is 89.8 Å². The number of rotatable bonds is 8. The normalized spacial score (nSPS) is 23.6. The molecular weight excluding hydrogens is 592 g/mol. The molecule has 0 saturated carbocycles. The lowest BCUT2D eigenvalue weighted by Crippen LogP contribution is -2.45. The average molecular weight is 633 g/mol. The van der Waals surface area contributed by atoms with E-state index in [0.717, 1.165) is 28.1 Å². The Hall–Kier alpha value is -4.66. The van der Waals surface area contributed by atoms with Crippen molar-refractivity contribution in [3.63, 3.8) is 0 Å². The van der Waals surface area contributed by atoms with Gasteiger partial charge in [0.25, 0.3) is 11.8 Å². The lowest BCUT2D eigenvalue weighted by Gasteiger charge is -2.38. The molecule has 0 bridgehead atoms. The zero-order chi connectivity index (χ0) is 32.9. The molecule has 2 amide bonds. The van der Waals surface area contributed by atoms with Crippen LogP contribution in [-0.4, -0.2) is 43.3 Å². The van der Waals surface area contributed by atoms with Crippen LogP contribution in [0.2, 0.25) is 0 Å². The molecule has 0 unspecified atom stereocenters. The summed E-state index contributed by atoms with van der Waals surface area (Å²) < 4.78 is 18.0. The van der Waals surface area contributed by atoms with Gasteiger partial charge in [0.05, 0.1) is 31.1 Å². The monoisotopic (exact) mass is 632 g/mol. The van der Waals surface area contributed by atoms with Crippen LogP contribution in [-0.2, 0) is 31.9 Å². The first-order chi connectivity index (χ1) is 22.7. The van der Waals surface area contributed by atoms with E-state index in [1.165, 1.54) is 0 Å². The average Bonchev–Trinajstić information content (AvgIpc) is 3.51. The van der Waals surface area contributed by atoms with Crippen molar-refractivity contribution in [1.29, 1.82) is 0 Å². The van der Waals surface area contributed by atoms with Crippen LogP contribution in [0.5, 0.6) is 11.5 Å². The van der Waals surface area contributed by atoms with Crippen molar-refractivity contribution >= 4 is 28.9 Å². The van der Waals surface area contributed by atoms with E-state index in [-0.39, 0.29) is 48.4 Å². The molecule has 8 nitrogen and oxygen atoms in total. The number of hydrogen-bond donors (Lipinski definition) is 1. The van der Waals surface area contributed by atoms with Gasteiger partial charge in [0, 0.05) is 29.7 Å². The minimum Gasteiger partial charge on any atom is -0.497 e. The number of carbonyl (C=O) groups excluding carboxylic acids is 2. The molecule has 3 aliphatic rings. The SMILES string of the molecule is COc1ccc(C(C)(C)[C@H]2[C@H](CCO)O[C@@]3(C(=O)N(Cc4cccc(N5C(=O)COc6ccccc65)c4)c4ccccc43)[C@@H]2C)cc1. The van der Waals surface area contributed by atoms with E-state index >= 15 is 0 Å². The summed E-state index contributed by atoms with van der Waals surface area (Å²) >= 11 is 0. The van der Waals surface area contributed by atoms with E-state index in [0.29, 0.717) is 30.1 Å². The third kappa shape index (κ3) is 4.89. The van der Waals surface area contributed by atoms with Crippen molar-refractivity contribution in [1.82, 2.24) is 0 Å². The molecular formula is C39H40N2O6. The minimum absolute atomic E-state index is 0.0416. The number of amides is 2. The van der Waals surface area contributed by atoms with E-state index in [9.17, 15) is 14.7 Å². The fourth-order valence-corrected chi connectivity index (χ4v) is 8.18. The molecule has 3 aliphatic heterocycles. The highest BCUT2D eigenvalue weighted by Crippen LogP contribution is 2.59. The molecule has 0 aliphatic carbocycles. The molecule has 1 saturated heterocycles. The zero-order valence-electron chi connectivity index (χ0n) is 27.2. The fraction of sp³-hybridized carbons (Fsp3) is 0.333. The van der Waals surface area contributed by atoms with Gasteiger partial charge in [0.1, 0.15) is 11.5 Å². The van der Waals surface area contributed by atoms with Gasteiger partial charge in [-0.2, -0.15) is 0 Å². The summed E-state index contributed by atoms with van der Waals surface area (Å²) in [6.45, 7) is 6.73. The molecule has 1 spiro atoms. The van der Waals surface area contributed by atoms with Crippen LogP contribution in [0.25, 0.3) is 0 Å². The van der Waals surface area contributed by atoms with Crippen molar-refractivity contribution in [3.8, 4) is 11.5 Å². The summed E-state index contributed by atoms with van der Waals surface area (Å²) in [6, 6.07) is 31.2. The predicted molar refractivity (Wildman–Crippen MR) is 180 cm³/mol. The van der Waals surface area contributed by atoms with Gasteiger partial charge in [-0.15, -0.1) is 0 Å². The molecule has 7 rings (SSSR count). The zero-order valence-corrected chi connectivity index (χ0v) is 27.2. The number of ether oxygens (including phenoxy) is 3. The third-order valence-corrected chi connectivity index (χ3v) is 10.4. The molecule has 4 aromatic carbocycles. The van der Waals surface area contributed by atoms with Crippen LogP contribution < -0.4 is 19.3 Å². The highest BCUT2D eigenvalue weighted by molar-refractivity contribution is 6.08. The van der Waals surface area contributed by atoms with E-state index in [1.54, 1.807) is 12.0 Å². The molecule has 3 heterocycles. The fourth-order valence-electron chi connectivity index (χ4n) is 8.18. The maximum atomic E-state index is 14.9. The summed E-state index contributed by atoms with van der Waals surface area (Å²) in [5.41, 5.74) is 3.48. The predicted octanol–water partition coefficient (Wildman–Crippen LogP) is 6.51. The van der Waals surface area contributed by atoms with Gasteiger partial charge in [-0.05, 0) is 65.4 Å². The lowest BCUT2D eigenvalue weighted by atomic mass is 9.63. The number of nitrogens with zero attached hydrogens (tertiary/aromatic N) is 2. The maximum absolute atomic E-state index is 14.9. The Morgan fingerprint density at radius 2 is 1.66 bits per heavy atom. The number of aliphatic hydroxyl groups excluding tert-OH is 1. The topological polar surface area (TPSA) is 88.5 Å². The highest BCUT2D eigenvalue weighted by Gasteiger charge is 2.65. The van der Waals surface area contributed by atoms with Crippen LogP contribution in [0.1, 0.15) is 43.9 Å². The van der Waals surface area contributed by atoms with E-state index in [2.05, 4.69) is 32.9 Å². The summed E-state index contributed by atoms with van der Waals surface area (Å²) in [5, 5.41) is 10.2. The maximum Gasteiger partial charge on any atom is 0.269 e. The first-order valence-corrected chi connectivity index (χ1v) is 16.2. The number of hydrogen-bond acceptors (Lipinski definition) is 6. The second-order valence-electron chi connectivity index (χ2n) is 13.2. The lowest BCUT2D eigenvalue weighted by molar-refractivity contribution is -0.146. The molecule has 4 atom stereocenters. The van der Waals surface area contributed by atoms with Gasteiger partial charge in [-0.1, -0.05) is 75.4 Å². The Bertz CT molecular complexity index is 1820. The standard InChI is InChI=1S/C39H40N2O6/c1-25-36(38(2,3)27-16-18-29(45-4)19-17-27)34(20-21-42)47-39(25)30-12-5-6-13-31(30)40(37(39)44)23-26-10-9-11-28(22-26)41-32-14-7-8-15-33(32)46-24-35(41)43/h5-19,22,25,34,36,42H,20-21,23-24H2,1-4H3/t25-,34+,36-,39+/m1/s1. The Morgan fingerprint density at radius 1 is 0.936 bits per heavy atom. The van der Waals surface area contributed by atoms with Crippen LogP contribution >= 0.6 is 0 Å². The molecule has 47 heavy (non-hydrogen) atoms. The number of fused-ring (bicyclic) bond motifs is 3. The Balaban J connectivity index is 1.25. The summed E-state index contributed by atoms with van der Waals surface area (Å²) in [7, 11) is 1.65. The van der Waals surface area contributed by atoms with Crippen LogP contribution in [0.3, 0.4) is 0 Å². The first kappa shape index (κ1) is 31.0. The number of methoxy groups -OCH3 is 1. The summed E-state index contributed by atoms with van der Waals surface area (Å²) in [5.74, 6) is 0.890. The second-order valence-corrected chi connectivity index (χ2v) is 13.2. The van der Waals surface area contributed by atoms with Crippen molar-refractivity contribution < 1.29 is 28.9 Å². The van der Waals surface area contributed by atoms with Gasteiger partial charge in [-0.3, -0.25) is 14.5 Å². The van der Waals surface area contributed by atoms with Crippen molar-refractivity contribution in [3.05, 3.63) is 114 Å². The van der Waals surface area contributed by atoms with Crippen molar-refractivity contribution in [2.45, 2.75) is 50.9 Å². The first-order valence-electron chi connectivity index (χ1n) is 16.2. The Kier molecular flexibility index (Phi) is 7.81. The van der Waals surface area contributed by atoms with Crippen molar-refractivity contribution in [2.75, 3.05) is 30.1 Å². The smallest absolute Gasteiger partial charge is 0.269 e. The summed E-state index contributed by atoms with van der Waals surface area (Å²) in [4.78, 5) is 31.4. The molecule has 8 heteroatoms. The molecule has 0 radical (unpaired) electrons. The van der Waals surface area contributed by atoms with Gasteiger partial charge in [0.15, 0.2) is 12.2 Å². The molecule has 1 N–H and O–H groups in total. The van der Waals surface area contributed by atoms with Crippen LogP contribution in [0, 0.1) is 11.8 Å². The number of benzene rings is 4. The quantitative estimate of drug-likeness (QED) is 0.239. The van der Waals surface area contributed by atoms with Gasteiger partial charge in [-0.25, -0.2) is 0 Å². The Labute approximate surface area is 275 Å². The van der Waals surface area contributed by atoms with Crippen molar-refractivity contribution in [2.24, 2.45) is 11.8 Å². The number of aliphatic hydroxyl groups is 1. The Morgan fingerprint density at radius 3 is 2.40 bits per heavy atom. The number of anilines is 3. The highest BCUT2D eigenvalue weighted by atomic mass is 16.5.